The largest absolute Gasteiger partial charge is 0.354 e. The minimum absolute atomic E-state index is 0. The van der Waals surface area contributed by atoms with E-state index in [4.69, 9.17) is 0 Å². The number of nitrogens with zero attached hydrogens (tertiary/aromatic N) is 3. The number of fused-ring (bicyclic) bond motifs is 1. The highest BCUT2D eigenvalue weighted by Gasteiger charge is 2.22. The third kappa shape index (κ3) is 5.16. The van der Waals surface area contributed by atoms with E-state index < -0.39 is 0 Å². The van der Waals surface area contributed by atoms with Crippen LogP contribution in [0.1, 0.15) is 67.1 Å². The third-order valence-corrected chi connectivity index (χ3v) is 5.84. The first kappa shape index (κ1) is 23.0. The molecule has 0 aliphatic carbocycles. The van der Waals surface area contributed by atoms with Crippen molar-refractivity contribution >= 4 is 40.7 Å². The van der Waals surface area contributed by atoms with E-state index in [2.05, 4.69) is 53.4 Å². The number of aryl methyl sites for hydroxylation is 1. The number of hydrogen-bond donors (Lipinski definition) is 1. The van der Waals surface area contributed by atoms with Crippen LogP contribution in [0.2, 0.25) is 0 Å². The summed E-state index contributed by atoms with van der Waals surface area (Å²) >= 11 is 0. The maximum Gasteiger partial charge on any atom is 0.257 e. The molecular weight excluding hydrogens is 408 g/mol. The second kappa shape index (κ2) is 10.1. The minimum atomic E-state index is 0. The highest BCUT2D eigenvalue weighted by atomic mass is 35.5. The quantitative estimate of drug-likeness (QED) is 0.523. The molecule has 0 unspecified atom stereocenters. The number of rotatable bonds is 4. The van der Waals surface area contributed by atoms with Gasteiger partial charge in [0.15, 0.2) is 5.65 Å². The number of halogens is 1. The molecule has 1 fully saturated rings. The SMILES string of the molecule is Cc1ccc2c(Nc3ccc(C(C)C)cc3)c(C(=O)N3CCCCCC3)cnc2n1.Cl. The van der Waals surface area contributed by atoms with E-state index in [0.29, 0.717) is 17.1 Å². The van der Waals surface area contributed by atoms with Gasteiger partial charge >= 0.3 is 0 Å². The molecule has 5 nitrogen and oxygen atoms in total. The van der Waals surface area contributed by atoms with Gasteiger partial charge in [0.2, 0.25) is 0 Å². The zero-order valence-electron chi connectivity index (χ0n) is 18.5. The molecule has 1 saturated heterocycles. The van der Waals surface area contributed by atoms with Gasteiger partial charge in [0, 0.05) is 36.1 Å². The van der Waals surface area contributed by atoms with E-state index >= 15 is 0 Å². The van der Waals surface area contributed by atoms with Gasteiger partial charge < -0.3 is 10.2 Å². The number of nitrogens with one attached hydrogen (secondary N) is 1. The summed E-state index contributed by atoms with van der Waals surface area (Å²) in [6, 6.07) is 12.4. The summed E-state index contributed by atoms with van der Waals surface area (Å²) in [7, 11) is 0. The summed E-state index contributed by atoms with van der Waals surface area (Å²) in [5.74, 6) is 0.529. The van der Waals surface area contributed by atoms with Crippen LogP contribution in [-0.4, -0.2) is 33.9 Å². The van der Waals surface area contributed by atoms with Gasteiger partial charge in [0.25, 0.3) is 5.91 Å². The fraction of sp³-hybridized carbons (Fsp3) is 0.400. The molecule has 0 atom stereocenters. The number of anilines is 2. The van der Waals surface area contributed by atoms with Gasteiger partial charge in [-0.15, -0.1) is 12.4 Å². The Balaban J connectivity index is 0.00000272. The van der Waals surface area contributed by atoms with E-state index in [-0.39, 0.29) is 18.3 Å². The average molecular weight is 439 g/mol. The number of carbonyl (C=O) groups excluding carboxylic acids is 1. The van der Waals surface area contributed by atoms with Crippen molar-refractivity contribution in [2.75, 3.05) is 18.4 Å². The summed E-state index contributed by atoms with van der Waals surface area (Å²) < 4.78 is 0. The lowest BCUT2D eigenvalue weighted by atomic mass is 10.0. The number of hydrogen-bond acceptors (Lipinski definition) is 4. The van der Waals surface area contributed by atoms with Crippen LogP contribution in [-0.2, 0) is 0 Å². The molecule has 2 aromatic heterocycles. The summed E-state index contributed by atoms with van der Waals surface area (Å²) in [5.41, 5.74) is 5.22. The van der Waals surface area contributed by atoms with Gasteiger partial charge in [-0.3, -0.25) is 4.79 Å². The van der Waals surface area contributed by atoms with Crippen LogP contribution >= 0.6 is 12.4 Å². The lowest BCUT2D eigenvalue weighted by Crippen LogP contribution is -2.32. The Morgan fingerprint density at radius 3 is 2.32 bits per heavy atom. The minimum Gasteiger partial charge on any atom is -0.354 e. The fourth-order valence-electron chi connectivity index (χ4n) is 4.01. The van der Waals surface area contributed by atoms with Crippen molar-refractivity contribution in [2.45, 2.75) is 52.4 Å². The Bertz CT molecular complexity index is 1040. The first-order valence-corrected chi connectivity index (χ1v) is 11.0. The average Bonchev–Trinajstić information content (AvgIpc) is 3.03. The molecule has 1 N–H and O–H groups in total. The van der Waals surface area contributed by atoms with Gasteiger partial charge in [-0.25, -0.2) is 9.97 Å². The molecule has 1 aliphatic rings. The van der Waals surface area contributed by atoms with Crippen molar-refractivity contribution in [3.8, 4) is 0 Å². The molecule has 4 rings (SSSR count). The van der Waals surface area contributed by atoms with E-state index in [9.17, 15) is 4.79 Å². The van der Waals surface area contributed by atoms with Gasteiger partial charge in [-0.2, -0.15) is 0 Å². The normalized spacial score (nSPS) is 14.3. The molecule has 31 heavy (non-hydrogen) atoms. The van der Waals surface area contributed by atoms with E-state index in [1.807, 2.05) is 24.0 Å². The molecule has 6 heteroatoms. The first-order valence-electron chi connectivity index (χ1n) is 11.0. The molecule has 0 spiro atoms. The number of likely N-dealkylation sites (tertiary alicyclic amines) is 1. The van der Waals surface area contributed by atoms with Gasteiger partial charge in [-0.1, -0.05) is 38.8 Å². The molecule has 0 bridgehead atoms. The Kier molecular flexibility index (Phi) is 7.50. The number of carbonyl (C=O) groups is 1. The van der Waals surface area contributed by atoms with Crippen molar-refractivity contribution in [3.05, 3.63) is 59.4 Å². The number of benzene rings is 1. The maximum atomic E-state index is 13.4. The first-order chi connectivity index (χ1) is 14.5. The Morgan fingerprint density at radius 1 is 1.00 bits per heavy atom. The zero-order chi connectivity index (χ0) is 21.1. The molecule has 1 amide bonds. The monoisotopic (exact) mass is 438 g/mol. The van der Waals surface area contributed by atoms with Gasteiger partial charge in [0.05, 0.1) is 11.3 Å². The van der Waals surface area contributed by atoms with Crippen LogP contribution in [0.15, 0.2) is 42.6 Å². The van der Waals surface area contributed by atoms with Crippen LogP contribution in [0.25, 0.3) is 11.0 Å². The highest BCUT2D eigenvalue weighted by molar-refractivity contribution is 6.07. The molecule has 3 aromatic rings. The molecule has 1 aromatic carbocycles. The number of aromatic nitrogens is 2. The second-order valence-electron chi connectivity index (χ2n) is 8.48. The molecule has 3 heterocycles. The summed E-state index contributed by atoms with van der Waals surface area (Å²) in [6.45, 7) is 7.95. The standard InChI is InChI=1S/C25H30N4O.ClH/c1-17(2)19-9-11-20(12-10-19)28-23-21-13-8-18(3)27-24(21)26-16-22(23)25(30)29-14-6-4-5-7-15-29;/h8-13,16-17H,4-7,14-15H2,1-3H3,(H,26,27,28);1H. The van der Waals surface area contributed by atoms with Crippen LogP contribution in [0, 0.1) is 6.92 Å². The van der Waals surface area contributed by atoms with E-state index in [0.717, 1.165) is 48.4 Å². The molecule has 164 valence electrons. The van der Waals surface area contributed by atoms with Crippen LogP contribution in [0.3, 0.4) is 0 Å². The molecule has 1 aliphatic heterocycles. The van der Waals surface area contributed by atoms with Crippen molar-refractivity contribution in [1.82, 2.24) is 14.9 Å². The summed E-state index contributed by atoms with van der Waals surface area (Å²) in [6.07, 6.45) is 6.19. The Labute approximate surface area is 190 Å². The van der Waals surface area contributed by atoms with E-state index in [1.165, 1.54) is 18.4 Å². The predicted molar refractivity (Wildman–Crippen MR) is 130 cm³/mol. The zero-order valence-corrected chi connectivity index (χ0v) is 19.3. The van der Waals surface area contributed by atoms with Gasteiger partial charge in [0.1, 0.15) is 0 Å². The predicted octanol–water partition coefficient (Wildman–Crippen LogP) is 6.24. The summed E-state index contributed by atoms with van der Waals surface area (Å²) in [5, 5.41) is 4.38. The van der Waals surface area contributed by atoms with Crippen LogP contribution in [0.5, 0.6) is 0 Å². The fourth-order valence-corrected chi connectivity index (χ4v) is 4.01. The molecule has 0 saturated carbocycles. The molecule has 0 radical (unpaired) electrons. The van der Waals surface area contributed by atoms with Gasteiger partial charge in [-0.05, 0) is 55.5 Å². The van der Waals surface area contributed by atoms with Crippen LogP contribution in [0.4, 0.5) is 11.4 Å². The van der Waals surface area contributed by atoms with Crippen molar-refractivity contribution in [1.29, 1.82) is 0 Å². The van der Waals surface area contributed by atoms with Crippen LogP contribution < -0.4 is 5.32 Å². The summed E-state index contributed by atoms with van der Waals surface area (Å²) in [4.78, 5) is 24.5. The lowest BCUT2D eigenvalue weighted by molar-refractivity contribution is 0.0762. The maximum absolute atomic E-state index is 13.4. The smallest absolute Gasteiger partial charge is 0.257 e. The highest BCUT2D eigenvalue weighted by Crippen LogP contribution is 2.30. The number of pyridine rings is 2. The lowest BCUT2D eigenvalue weighted by Gasteiger charge is -2.22. The second-order valence-corrected chi connectivity index (χ2v) is 8.48. The van der Waals surface area contributed by atoms with E-state index in [1.54, 1.807) is 6.20 Å². The Morgan fingerprint density at radius 2 is 1.68 bits per heavy atom. The third-order valence-electron chi connectivity index (χ3n) is 5.84. The Hall–Kier alpha value is -2.66. The number of amides is 1. The van der Waals surface area contributed by atoms with Crippen molar-refractivity contribution < 1.29 is 4.79 Å². The topological polar surface area (TPSA) is 58.1 Å². The van der Waals surface area contributed by atoms with Crippen molar-refractivity contribution in [3.63, 3.8) is 0 Å². The van der Waals surface area contributed by atoms with Crippen molar-refractivity contribution in [2.24, 2.45) is 0 Å². The molecular formula is C25H31ClN4O.